The zero-order valence-electron chi connectivity index (χ0n) is 18.0. The minimum atomic E-state index is -0.172. The molecule has 0 unspecified atom stereocenters. The van der Waals surface area contributed by atoms with E-state index >= 15 is 0 Å². The molecule has 164 valence electrons. The van der Waals surface area contributed by atoms with Crippen LogP contribution in [0.2, 0.25) is 5.02 Å². The topological polar surface area (TPSA) is 56.6 Å². The first kappa shape index (κ1) is 21.9. The van der Waals surface area contributed by atoms with E-state index in [-0.39, 0.29) is 5.56 Å². The molecule has 6 nitrogen and oxygen atoms in total. The highest BCUT2D eigenvalue weighted by Gasteiger charge is 2.06. The number of rotatable bonds is 8. The Balaban J connectivity index is 1.48. The summed E-state index contributed by atoms with van der Waals surface area (Å²) < 4.78 is 13.0. The van der Waals surface area contributed by atoms with Gasteiger partial charge in [0, 0.05) is 41.0 Å². The largest absolute Gasteiger partial charge is 0.489 e. The number of fused-ring (bicyclic) bond motifs is 1. The molecule has 0 amide bonds. The maximum absolute atomic E-state index is 12.7. The highest BCUT2D eigenvalue weighted by atomic mass is 35.5. The lowest BCUT2D eigenvalue weighted by Gasteiger charge is -2.12. The lowest BCUT2D eigenvalue weighted by Crippen LogP contribution is -2.19. The summed E-state index contributed by atoms with van der Waals surface area (Å²) in [6.45, 7) is 1.76. The third kappa shape index (κ3) is 5.46. The fourth-order valence-corrected chi connectivity index (χ4v) is 3.29. The molecule has 0 aliphatic rings. The SMILES string of the molecule is CN(C)CCOc1ccc2cc(-n3ccc(OCc4ccc(Cl)cc4)cc3=O)ccc2n1. The van der Waals surface area contributed by atoms with E-state index in [9.17, 15) is 4.79 Å². The number of pyridine rings is 2. The van der Waals surface area contributed by atoms with Crippen molar-refractivity contribution in [1.29, 1.82) is 0 Å². The number of halogens is 1. The normalized spacial score (nSPS) is 11.1. The van der Waals surface area contributed by atoms with Crippen molar-refractivity contribution in [3.05, 3.63) is 93.9 Å². The van der Waals surface area contributed by atoms with Crippen LogP contribution in [0.5, 0.6) is 11.6 Å². The first-order valence-electron chi connectivity index (χ1n) is 10.3. The van der Waals surface area contributed by atoms with E-state index in [2.05, 4.69) is 9.88 Å². The fraction of sp³-hybridized carbons (Fsp3) is 0.200. The minimum Gasteiger partial charge on any atom is -0.489 e. The van der Waals surface area contributed by atoms with Gasteiger partial charge < -0.3 is 14.4 Å². The van der Waals surface area contributed by atoms with Gasteiger partial charge in [0.2, 0.25) is 5.88 Å². The van der Waals surface area contributed by atoms with Crippen LogP contribution in [-0.4, -0.2) is 41.7 Å². The predicted molar refractivity (Wildman–Crippen MR) is 127 cm³/mol. The summed E-state index contributed by atoms with van der Waals surface area (Å²) >= 11 is 5.90. The summed E-state index contributed by atoms with van der Waals surface area (Å²) in [6, 6.07) is 20.2. The van der Waals surface area contributed by atoms with Gasteiger partial charge in [-0.25, -0.2) is 4.98 Å². The van der Waals surface area contributed by atoms with Crippen LogP contribution in [0.1, 0.15) is 5.56 Å². The number of nitrogens with zero attached hydrogens (tertiary/aromatic N) is 3. The van der Waals surface area contributed by atoms with Crippen molar-refractivity contribution in [2.75, 3.05) is 27.2 Å². The fourth-order valence-electron chi connectivity index (χ4n) is 3.17. The number of hydrogen-bond donors (Lipinski definition) is 0. The summed E-state index contributed by atoms with van der Waals surface area (Å²) in [6.07, 6.45) is 1.72. The molecule has 2 heterocycles. The Morgan fingerprint density at radius 2 is 1.78 bits per heavy atom. The highest BCUT2D eigenvalue weighted by molar-refractivity contribution is 6.30. The molecule has 0 saturated heterocycles. The summed E-state index contributed by atoms with van der Waals surface area (Å²) in [5, 5.41) is 1.60. The van der Waals surface area contributed by atoms with E-state index < -0.39 is 0 Å². The second-order valence-electron chi connectivity index (χ2n) is 7.66. The lowest BCUT2D eigenvalue weighted by molar-refractivity contribution is 0.254. The van der Waals surface area contributed by atoms with E-state index in [1.54, 1.807) is 16.8 Å². The van der Waals surface area contributed by atoms with Gasteiger partial charge in [-0.3, -0.25) is 9.36 Å². The number of hydrogen-bond acceptors (Lipinski definition) is 5. The molecule has 32 heavy (non-hydrogen) atoms. The van der Waals surface area contributed by atoms with E-state index in [0.717, 1.165) is 28.7 Å². The monoisotopic (exact) mass is 449 g/mol. The van der Waals surface area contributed by atoms with Crippen molar-refractivity contribution < 1.29 is 9.47 Å². The van der Waals surface area contributed by atoms with Gasteiger partial charge in [0.1, 0.15) is 19.0 Å². The Hall–Kier alpha value is -3.35. The molecular formula is C25H24ClN3O3. The molecule has 0 fully saturated rings. The Bertz CT molecular complexity index is 1270. The third-order valence-corrected chi connectivity index (χ3v) is 5.18. The lowest BCUT2D eigenvalue weighted by atomic mass is 10.2. The van der Waals surface area contributed by atoms with Crippen LogP contribution in [-0.2, 0) is 6.61 Å². The molecular weight excluding hydrogens is 426 g/mol. The van der Waals surface area contributed by atoms with Gasteiger partial charge in [-0.2, -0.15) is 0 Å². The zero-order chi connectivity index (χ0) is 22.5. The number of aromatic nitrogens is 2. The first-order chi connectivity index (χ1) is 15.5. The van der Waals surface area contributed by atoms with Crippen molar-refractivity contribution in [2.45, 2.75) is 6.61 Å². The van der Waals surface area contributed by atoms with Gasteiger partial charge in [-0.05, 0) is 62.1 Å². The van der Waals surface area contributed by atoms with Crippen LogP contribution in [0, 0.1) is 0 Å². The molecule has 4 rings (SSSR count). The third-order valence-electron chi connectivity index (χ3n) is 4.92. The molecule has 2 aromatic carbocycles. The van der Waals surface area contributed by atoms with Crippen molar-refractivity contribution in [1.82, 2.24) is 14.5 Å². The molecule has 7 heteroatoms. The summed E-state index contributed by atoms with van der Waals surface area (Å²) in [4.78, 5) is 19.3. The van der Waals surface area contributed by atoms with Crippen LogP contribution in [0.4, 0.5) is 0 Å². The summed E-state index contributed by atoms with van der Waals surface area (Å²) in [5.41, 5.74) is 2.38. The summed E-state index contributed by atoms with van der Waals surface area (Å²) in [7, 11) is 4.00. The van der Waals surface area contributed by atoms with Crippen molar-refractivity contribution in [3.63, 3.8) is 0 Å². The van der Waals surface area contributed by atoms with Crippen LogP contribution < -0.4 is 15.0 Å². The Labute approximate surface area is 191 Å². The summed E-state index contributed by atoms with van der Waals surface area (Å²) in [5.74, 6) is 1.11. The zero-order valence-corrected chi connectivity index (χ0v) is 18.7. The van der Waals surface area contributed by atoms with Gasteiger partial charge in [0.15, 0.2) is 0 Å². The van der Waals surface area contributed by atoms with Gasteiger partial charge >= 0.3 is 0 Å². The molecule has 0 N–H and O–H groups in total. The molecule has 0 spiro atoms. The molecule has 0 bridgehead atoms. The van der Waals surface area contributed by atoms with E-state index in [0.29, 0.717) is 29.9 Å². The second kappa shape index (κ2) is 9.85. The number of benzene rings is 2. The average Bonchev–Trinajstić information content (AvgIpc) is 2.78. The molecule has 0 radical (unpaired) electrons. The van der Waals surface area contributed by atoms with Crippen molar-refractivity contribution in [2.24, 2.45) is 0 Å². The highest BCUT2D eigenvalue weighted by Crippen LogP contribution is 2.20. The Morgan fingerprint density at radius 1 is 0.969 bits per heavy atom. The molecule has 0 aliphatic heterocycles. The molecule has 2 aromatic heterocycles. The van der Waals surface area contributed by atoms with Crippen LogP contribution >= 0.6 is 11.6 Å². The quantitative estimate of drug-likeness (QED) is 0.394. The van der Waals surface area contributed by atoms with Gasteiger partial charge in [-0.1, -0.05) is 23.7 Å². The average molecular weight is 450 g/mol. The predicted octanol–water partition coefficient (Wildman–Crippen LogP) is 4.56. The Kier molecular flexibility index (Phi) is 6.73. The molecule has 0 atom stereocenters. The van der Waals surface area contributed by atoms with E-state index in [1.807, 2.05) is 68.7 Å². The van der Waals surface area contributed by atoms with E-state index in [1.165, 1.54) is 6.07 Å². The second-order valence-corrected chi connectivity index (χ2v) is 8.10. The first-order valence-corrected chi connectivity index (χ1v) is 10.6. The molecule has 4 aromatic rings. The van der Waals surface area contributed by atoms with Gasteiger partial charge in [0.25, 0.3) is 5.56 Å². The van der Waals surface area contributed by atoms with Crippen LogP contribution in [0.15, 0.2) is 77.7 Å². The van der Waals surface area contributed by atoms with Gasteiger partial charge in [0.05, 0.1) is 5.52 Å². The number of likely N-dealkylation sites (N-methyl/N-ethyl adjacent to an activating group) is 1. The molecule has 0 aliphatic carbocycles. The maximum Gasteiger partial charge on any atom is 0.258 e. The van der Waals surface area contributed by atoms with Crippen LogP contribution in [0.25, 0.3) is 16.6 Å². The Morgan fingerprint density at radius 3 is 2.53 bits per heavy atom. The van der Waals surface area contributed by atoms with Crippen molar-refractivity contribution in [3.8, 4) is 17.3 Å². The standard InChI is InChI=1S/C25H24ClN3O3/c1-28(2)13-14-31-24-10-5-19-15-21(8-9-23(19)27-24)29-12-11-22(16-25(29)30)32-17-18-3-6-20(26)7-4-18/h3-12,15-16H,13-14,17H2,1-2H3. The maximum atomic E-state index is 12.7. The minimum absolute atomic E-state index is 0.172. The van der Waals surface area contributed by atoms with Crippen molar-refractivity contribution >= 4 is 22.5 Å². The smallest absolute Gasteiger partial charge is 0.258 e. The van der Waals surface area contributed by atoms with E-state index in [4.69, 9.17) is 21.1 Å². The van der Waals surface area contributed by atoms with Crippen LogP contribution in [0.3, 0.4) is 0 Å². The van der Waals surface area contributed by atoms with Gasteiger partial charge in [-0.15, -0.1) is 0 Å². The number of ether oxygens (including phenoxy) is 2. The molecule has 0 saturated carbocycles.